The van der Waals surface area contributed by atoms with E-state index >= 15 is 0 Å². The van der Waals surface area contributed by atoms with Crippen molar-refractivity contribution in [2.75, 3.05) is 0 Å². The van der Waals surface area contributed by atoms with E-state index in [9.17, 15) is 33.0 Å². The van der Waals surface area contributed by atoms with Gasteiger partial charge in [-0.15, -0.1) is 0 Å². The minimum absolute atomic E-state index is 0.0313. The summed E-state index contributed by atoms with van der Waals surface area (Å²) in [6.45, 7) is 9.06. The van der Waals surface area contributed by atoms with E-state index in [0.29, 0.717) is 11.1 Å². The van der Waals surface area contributed by atoms with E-state index in [-0.39, 0.29) is 17.7 Å². The van der Waals surface area contributed by atoms with Crippen LogP contribution in [-0.4, -0.2) is 5.97 Å². The first-order chi connectivity index (χ1) is 15.3. The minimum atomic E-state index is -10.6. The van der Waals surface area contributed by atoms with E-state index in [4.69, 9.17) is 4.74 Å². The maximum Gasteiger partial charge on any atom is 0.344 e. The predicted molar refractivity (Wildman–Crippen MR) is 118 cm³/mol. The lowest BCUT2D eigenvalue weighted by molar-refractivity contribution is 0.0732. The molecule has 0 saturated carbocycles. The van der Waals surface area contributed by atoms with E-state index < -0.39 is 38.5 Å². The molecular weight excluding hydrogens is 485 g/mol. The lowest BCUT2D eigenvalue weighted by Crippen LogP contribution is -2.15. The van der Waals surface area contributed by atoms with Crippen molar-refractivity contribution >= 4 is 16.2 Å². The van der Waals surface area contributed by atoms with Gasteiger partial charge < -0.3 is 4.74 Å². The molecule has 0 amide bonds. The summed E-state index contributed by atoms with van der Waals surface area (Å²) in [5.41, 5.74) is 5.83. The summed E-state index contributed by atoms with van der Waals surface area (Å²) in [6, 6.07) is 7.26. The third-order valence-electron chi connectivity index (χ3n) is 5.27. The molecule has 3 aromatic rings. The van der Waals surface area contributed by atoms with E-state index in [1.807, 2.05) is 32.9 Å². The molecule has 0 heterocycles. The summed E-state index contributed by atoms with van der Waals surface area (Å²) in [5.74, 6) is -7.22. The van der Waals surface area contributed by atoms with Gasteiger partial charge in [-0.25, -0.2) is 13.6 Å². The highest BCUT2D eigenvalue weighted by atomic mass is 32.5. The zero-order valence-electron chi connectivity index (χ0n) is 18.8. The van der Waals surface area contributed by atoms with Gasteiger partial charge in [-0.2, -0.15) is 0 Å². The van der Waals surface area contributed by atoms with Crippen molar-refractivity contribution in [1.82, 2.24) is 0 Å². The van der Waals surface area contributed by atoms with Crippen LogP contribution >= 0.6 is 10.2 Å². The number of carbonyl (C=O) groups excluding carboxylic acids is 1. The first-order valence-electron chi connectivity index (χ1n) is 9.93. The lowest BCUT2D eigenvalue weighted by atomic mass is 9.90. The molecule has 0 aromatic heterocycles. The van der Waals surface area contributed by atoms with Gasteiger partial charge in [-0.05, 0) is 68.0 Å². The number of halogens is 7. The Balaban J connectivity index is 2.00. The summed E-state index contributed by atoms with van der Waals surface area (Å²) < 4.78 is 97.1. The Morgan fingerprint density at radius 1 is 0.706 bits per heavy atom. The first kappa shape index (κ1) is 25.6. The normalized spacial score (nSPS) is 13.9. The fourth-order valence-electron chi connectivity index (χ4n) is 4.19. The van der Waals surface area contributed by atoms with Crippen LogP contribution in [0.5, 0.6) is 5.75 Å². The van der Waals surface area contributed by atoms with Gasteiger partial charge >= 0.3 is 16.2 Å². The zero-order chi connectivity index (χ0) is 25.9. The SMILES string of the molecule is Cc1cc(C)c(-c2cc(C)c(C(=O)Oc3cc(F)c(S(F)(F)(F)(F)F)c(F)c3)c(C)c2)c(C)c1. The van der Waals surface area contributed by atoms with Gasteiger partial charge in [0.2, 0.25) is 0 Å². The smallest absolute Gasteiger partial charge is 0.344 e. The second kappa shape index (κ2) is 7.49. The predicted octanol–water partition coefficient (Wildman–Crippen LogP) is 9.05. The molecule has 184 valence electrons. The van der Waals surface area contributed by atoms with Crippen molar-refractivity contribution in [1.29, 1.82) is 0 Å². The monoisotopic (exact) mass is 506 g/mol. The Morgan fingerprint density at radius 2 is 1.15 bits per heavy atom. The van der Waals surface area contributed by atoms with Crippen LogP contribution in [0.25, 0.3) is 11.1 Å². The Kier molecular flexibility index (Phi) is 5.65. The maximum atomic E-state index is 13.9. The molecule has 2 nitrogen and oxygen atoms in total. The number of esters is 1. The zero-order valence-corrected chi connectivity index (χ0v) is 19.7. The average Bonchev–Trinajstić information content (AvgIpc) is 2.56. The number of benzene rings is 3. The fraction of sp³-hybridized carbons (Fsp3) is 0.208. The Hall–Kier alpha value is -3.01. The van der Waals surface area contributed by atoms with E-state index in [1.54, 1.807) is 26.0 Å². The van der Waals surface area contributed by atoms with Crippen LogP contribution < -0.4 is 4.74 Å². The average molecular weight is 506 g/mol. The second-order valence-electron chi connectivity index (χ2n) is 8.33. The van der Waals surface area contributed by atoms with Gasteiger partial charge in [0.25, 0.3) is 0 Å². The molecule has 0 N–H and O–H groups in total. The van der Waals surface area contributed by atoms with Crippen molar-refractivity contribution in [2.24, 2.45) is 0 Å². The van der Waals surface area contributed by atoms with Gasteiger partial charge in [-0.3, -0.25) is 0 Å². The molecule has 0 saturated heterocycles. The molecule has 0 radical (unpaired) electrons. The summed E-state index contributed by atoms with van der Waals surface area (Å²) in [5, 5.41) is 0. The number of aryl methyl sites for hydroxylation is 5. The van der Waals surface area contributed by atoms with Crippen molar-refractivity contribution in [2.45, 2.75) is 39.5 Å². The molecule has 10 heteroatoms. The van der Waals surface area contributed by atoms with Crippen molar-refractivity contribution in [3.05, 3.63) is 81.4 Å². The standard InChI is InChI=1S/C24H21F7O2S/c1-12-6-13(2)21(14(3)7-12)17-8-15(4)22(16(5)9-17)24(32)33-18-10-19(25)23(20(26)11-18)34(27,28,29,30)31/h6-11H,1-5H3. The molecule has 34 heavy (non-hydrogen) atoms. The van der Waals surface area contributed by atoms with Crippen LogP contribution in [0.4, 0.5) is 28.2 Å². The summed E-state index contributed by atoms with van der Waals surface area (Å²) in [6.07, 6.45) is 0. The molecule has 0 atom stereocenters. The highest BCUT2D eigenvalue weighted by Gasteiger charge is 2.69. The largest absolute Gasteiger partial charge is 0.423 e. The maximum absolute atomic E-state index is 13.9. The minimum Gasteiger partial charge on any atom is -0.423 e. The Bertz CT molecular complexity index is 1280. The summed E-state index contributed by atoms with van der Waals surface area (Å²) >= 11 is 0. The molecule has 3 aromatic carbocycles. The number of hydrogen-bond donors (Lipinski definition) is 0. The second-order valence-corrected chi connectivity index (χ2v) is 10.7. The van der Waals surface area contributed by atoms with Crippen LogP contribution in [0.1, 0.15) is 38.2 Å². The van der Waals surface area contributed by atoms with Crippen LogP contribution in [0.3, 0.4) is 0 Å². The molecule has 0 fully saturated rings. The molecule has 0 aliphatic carbocycles. The molecule has 3 rings (SSSR count). The molecule has 0 unspecified atom stereocenters. The fourth-order valence-corrected chi connectivity index (χ4v) is 5.04. The number of rotatable bonds is 4. The van der Waals surface area contributed by atoms with Gasteiger partial charge in [-0.1, -0.05) is 49.3 Å². The Morgan fingerprint density at radius 3 is 1.56 bits per heavy atom. The van der Waals surface area contributed by atoms with Gasteiger partial charge in [0.1, 0.15) is 5.75 Å². The van der Waals surface area contributed by atoms with Crippen LogP contribution in [0.2, 0.25) is 0 Å². The highest BCUT2D eigenvalue weighted by Crippen LogP contribution is 3.02. The summed E-state index contributed by atoms with van der Waals surface area (Å²) in [7, 11) is -10.6. The number of carbonyl (C=O) groups is 1. The molecule has 0 spiro atoms. The van der Waals surface area contributed by atoms with Gasteiger partial charge in [0.05, 0.1) is 5.56 Å². The van der Waals surface area contributed by atoms with E-state index in [0.717, 1.165) is 27.8 Å². The van der Waals surface area contributed by atoms with E-state index in [2.05, 4.69) is 0 Å². The Labute approximate surface area is 192 Å². The topological polar surface area (TPSA) is 26.3 Å². The summed E-state index contributed by atoms with van der Waals surface area (Å²) in [4.78, 5) is 9.41. The molecule has 0 aliphatic heterocycles. The third-order valence-corrected chi connectivity index (χ3v) is 6.43. The van der Waals surface area contributed by atoms with Gasteiger partial charge in [0.15, 0.2) is 16.5 Å². The van der Waals surface area contributed by atoms with Gasteiger partial charge in [0, 0.05) is 12.1 Å². The van der Waals surface area contributed by atoms with Crippen LogP contribution in [0, 0.1) is 46.3 Å². The third kappa shape index (κ3) is 5.06. The number of hydrogen-bond acceptors (Lipinski definition) is 2. The van der Waals surface area contributed by atoms with Crippen molar-refractivity contribution in [3.8, 4) is 16.9 Å². The number of ether oxygens (including phenoxy) is 1. The van der Waals surface area contributed by atoms with E-state index in [1.165, 1.54) is 0 Å². The lowest BCUT2D eigenvalue weighted by Gasteiger charge is -2.40. The van der Waals surface area contributed by atoms with Crippen LogP contribution in [0.15, 0.2) is 41.3 Å². The molecular formula is C24H21F7O2S. The first-order valence-corrected chi connectivity index (χ1v) is 11.9. The van der Waals surface area contributed by atoms with Crippen molar-refractivity contribution in [3.63, 3.8) is 0 Å². The molecule has 0 aliphatic rings. The quantitative estimate of drug-likeness (QED) is 0.200. The highest BCUT2D eigenvalue weighted by molar-refractivity contribution is 8.45. The van der Waals surface area contributed by atoms with Crippen molar-refractivity contribution < 1.29 is 37.7 Å². The van der Waals surface area contributed by atoms with Crippen LogP contribution in [-0.2, 0) is 0 Å². The molecule has 0 bridgehead atoms.